The molecule has 0 aromatic rings. The Labute approximate surface area is 86.6 Å². The molecule has 1 rings (SSSR count). The molecule has 1 N–H and O–H groups in total. The van der Waals surface area contributed by atoms with Gasteiger partial charge in [-0.3, -0.25) is 4.90 Å². The lowest BCUT2D eigenvalue weighted by Crippen LogP contribution is -2.64. The number of ether oxygens (including phenoxy) is 2. The number of nitrogens with one attached hydrogen (secondary N) is 1. The fourth-order valence-corrected chi connectivity index (χ4v) is 1.65. The largest absolute Gasteiger partial charge is 0.351 e. The summed E-state index contributed by atoms with van der Waals surface area (Å²) in [7, 11) is 3.40. The van der Waals surface area contributed by atoms with Crippen molar-refractivity contribution in [1.29, 1.82) is 0 Å². The molecule has 0 saturated carbocycles. The second-order valence-corrected chi connectivity index (χ2v) is 4.14. The third-order valence-electron chi connectivity index (χ3n) is 2.65. The van der Waals surface area contributed by atoms with Gasteiger partial charge in [0.15, 0.2) is 5.79 Å². The molecule has 0 atom stereocenters. The van der Waals surface area contributed by atoms with Crippen molar-refractivity contribution in [3.8, 4) is 0 Å². The number of methoxy groups -OCH3 is 2. The second kappa shape index (κ2) is 5.07. The molecule has 0 aromatic carbocycles. The number of hydrogen-bond donors (Lipinski definition) is 1. The summed E-state index contributed by atoms with van der Waals surface area (Å²) in [6.07, 6.45) is 0. The van der Waals surface area contributed by atoms with Gasteiger partial charge in [0, 0.05) is 33.4 Å². The minimum absolute atomic E-state index is 0.335. The highest BCUT2D eigenvalue weighted by atomic mass is 16.7. The summed E-state index contributed by atoms with van der Waals surface area (Å²) in [6, 6.07) is 0.561. The first-order chi connectivity index (χ1) is 6.62. The van der Waals surface area contributed by atoms with Gasteiger partial charge in [-0.25, -0.2) is 0 Å². The Balaban J connectivity index is 2.09. The molecular weight excluding hydrogens is 180 g/mol. The highest BCUT2D eigenvalue weighted by Gasteiger charge is 2.43. The maximum atomic E-state index is 5.30. The summed E-state index contributed by atoms with van der Waals surface area (Å²) < 4.78 is 10.6. The topological polar surface area (TPSA) is 33.7 Å². The molecule has 4 heteroatoms. The summed E-state index contributed by atoms with van der Waals surface area (Å²) >= 11 is 0. The Morgan fingerprint density at radius 2 is 1.86 bits per heavy atom. The molecule has 4 nitrogen and oxygen atoms in total. The Morgan fingerprint density at radius 1 is 1.29 bits per heavy atom. The van der Waals surface area contributed by atoms with Gasteiger partial charge in [-0.2, -0.15) is 0 Å². The number of hydrogen-bond acceptors (Lipinski definition) is 4. The van der Waals surface area contributed by atoms with Gasteiger partial charge in [0.05, 0.1) is 13.1 Å². The summed E-state index contributed by atoms with van der Waals surface area (Å²) in [5.74, 6) is -0.335. The Kier molecular flexibility index (Phi) is 4.31. The van der Waals surface area contributed by atoms with E-state index in [1.165, 1.54) is 0 Å². The van der Waals surface area contributed by atoms with Crippen LogP contribution in [0.3, 0.4) is 0 Å². The summed E-state index contributed by atoms with van der Waals surface area (Å²) in [5, 5.41) is 3.38. The Bertz CT molecular complexity index is 162. The van der Waals surface area contributed by atoms with Crippen LogP contribution in [0.2, 0.25) is 0 Å². The highest BCUT2D eigenvalue weighted by molar-refractivity contribution is 4.89. The van der Waals surface area contributed by atoms with Crippen LogP contribution >= 0.6 is 0 Å². The van der Waals surface area contributed by atoms with Crippen LogP contribution < -0.4 is 5.32 Å². The van der Waals surface area contributed by atoms with E-state index in [0.29, 0.717) is 6.04 Å². The molecule has 1 fully saturated rings. The first-order valence-corrected chi connectivity index (χ1v) is 5.18. The van der Waals surface area contributed by atoms with Crippen molar-refractivity contribution < 1.29 is 9.47 Å². The standard InChI is InChI=1S/C10H22N2O2/c1-9(2)11-5-6-12-7-10(8-12,13-3)14-4/h9,11H,5-8H2,1-4H3. The van der Waals surface area contributed by atoms with Gasteiger partial charge < -0.3 is 14.8 Å². The van der Waals surface area contributed by atoms with Crippen LogP contribution in [0.25, 0.3) is 0 Å². The first-order valence-electron chi connectivity index (χ1n) is 5.18. The highest BCUT2D eigenvalue weighted by Crippen LogP contribution is 2.24. The van der Waals surface area contributed by atoms with Crippen molar-refractivity contribution in [3.63, 3.8) is 0 Å². The summed E-state index contributed by atoms with van der Waals surface area (Å²) in [6.45, 7) is 8.16. The molecule has 0 spiro atoms. The number of nitrogens with zero attached hydrogens (tertiary/aromatic N) is 1. The maximum Gasteiger partial charge on any atom is 0.193 e. The van der Waals surface area contributed by atoms with E-state index in [-0.39, 0.29) is 5.79 Å². The van der Waals surface area contributed by atoms with Crippen LogP contribution in [0.4, 0.5) is 0 Å². The van der Waals surface area contributed by atoms with Crippen LogP contribution in [0.1, 0.15) is 13.8 Å². The van der Waals surface area contributed by atoms with E-state index in [9.17, 15) is 0 Å². The van der Waals surface area contributed by atoms with Crippen LogP contribution in [0, 0.1) is 0 Å². The predicted octanol–water partition coefficient (Wildman–Crippen LogP) is 0.289. The summed E-state index contributed by atoms with van der Waals surface area (Å²) in [5.41, 5.74) is 0. The molecular formula is C10H22N2O2. The first kappa shape index (κ1) is 11.9. The van der Waals surface area contributed by atoms with Gasteiger partial charge in [0.2, 0.25) is 0 Å². The minimum Gasteiger partial charge on any atom is -0.351 e. The zero-order valence-corrected chi connectivity index (χ0v) is 9.67. The van der Waals surface area contributed by atoms with E-state index >= 15 is 0 Å². The molecule has 0 radical (unpaired) electrons. The second-order valence-electron chi connectivity index (χ2n) is 4.14. The van der Waals surface area contributed by atoms with Crippen molar-refractivity contribution >= 4 is 0 Å². The van der Waals surface area contributed by atoms with Crippen LogP contribution in [0.15, 0.2) is 0 Å². The van der Waals surface area contributed by atoms with Gasteiger partial charge in [-0.15, -0.1) is 0 Å². The minimum atomic E-state index is -0.335. The average molecular weight is 202 g/mol. The van der Waals surface area contributed by atoms with E-state index < -0.39 is 0 Å². The van der Waals surface area contributed by atoms with Gasteiger partial charge in [-0.05, 0) is 0 Å². The zero-order valence-electron chi connectivity index (χ0n) is 9.67. The summed E-state index contributed by atoms with van der Waals surface area (Å²) in [4.78, 5) is 2.32. The molecule has 0 unspecified atom stereocenters. The molecule has 1 aliphatic rings. The monoisotopic (exact) mass is 202 g/mol. The lowest BCUT2D eigenvalue weighted by molar-refractivity contribution is -0.274. The van der Waals surface area contributed by atoms with E-state index in [1.54, 1.807) is 14.2 Å². The van der Waals surface area contributed by atoms with E-state index in [1.807, 2.05) is 0 Å². The third kappa shape index (κ3) is 2.92. The molecule has 1 saturated heterocycles. The van der Waals surface area contributed by atoms with Gasteiger partial charge in [0.1, 0.15) is 0 Å². The molecule has 0 aliphatic carbocycles. The maximum absolute atomic E-state index is 5.30. The van der Waals surface area contributed by atoms with E-state index in [4.69, 9.17) is 9.47 Å². The lowest BCUT2D eigenvalue weighted by Gasteiger charge is -2.47. The quantitative estimate of drug-likeness (QED) is 0.628. The SMILES string of the molecule is COC1(OC)CN(CCNC(C)C)C1. The molecule has 0 amide bonds. The predicted molar refractivity (Wildman–Crippen MR) is 56.3 cm³/mol. The van der Waals surface area contributed by atoms with Crippen molar-refractivity contribution in [1.82, 2.24) is 10.2 Å². The number of rotatable bonds is 6. The fourth-order valence-electron chi connectivity index (χ4n) is 1.65. The van der Waals surface area contributed by atoms with Crippen LogP contribution in [-0.4, -0.2) is 57.1 Å². The fraction of sp³-hybridized carbons (Fsp3) is 1.00. The molecule has 0 bridgehead atoms. The van der Waals surface area contributed by atoms with Gasteiger partial charge in [0.25, 0.3) is 0 Å². The average Bonchev–Trinajstić information content (AvgIpc) is 2.09. The normalized spacial score (nSPS) is 21.2. The van der Waals surface area contributed by atoms with Gasteiger partial charge >= 0.3 is 0 Å². The Morgan fingerprint density at radius 3 is 2.29 bits per heavy atom. The van der Waals surface area contributed by atoms with Crippen LogP contribution in [-0.2, 0) is 9.47 Å². The third-order valence-corrected chi connectivity index (χ3v) is 2.65. The molecule has 1 aliphatic heterocycles. The van der Waals surface area contributed by atoms with Crippen molar-refractivity contribution in [2.45, 2.75) is 25.7 Å². The Hall–Kier alpha value is -0.160. The molecule has 1 heterocycles. The van der Waals surface area contributed by atoms with Crippen LogP contribution in [0.5, 0.6) is 0 Å². The van der Waals surface area contributed by atoms with Crippen molar-refractivity contribution in [3.05, 3.63) is 0 Å². The lowest BCUT2D eigenvalue weighted by atomic mass is 10.1. The van der Waals surface area contributed by atoms with Crippen molar-refractivity contribution in [2.24, 2.45) is 0 Å². The molecule has 14 heavy (non-hydrogen) atoms. The zero-order chi connectivity index (χ0) is 10.6. The number of likely N-dealkylation sites (tertiary alicyclic amines) is 1. The molecule has 0 aromatic heterocycles. The molecule has 84 valence electrons. The van der Waals surface area contributed by atoms with E-state index in [0.717, 1.165) is 26.2 Å². The smallest absolute Gasteiger partial charge is 0.193 e. The van der Waals surface area contributed by atoms with E-state index in [2.05, 4.69) is 24.1 Å². The van der Waals surface area contributed by atoms with Gasteiger partial charge in [-0.1, -0.05) is 13.8 Å². The van der Waals surface area contributed by atoms with Crippen molar-refractivity contribution in [2.75, 3.05) is 40.4 Å².